The molecule has 0 spiro atoms. The van der Waals surface area contributed by atoms with Crippen LogP contribution in [0, 0.1) is 5.92 Å². The Kier molecular flexibility index (Phi) is 4.27. The number of hydrogen-bond acceptors (Lipinski definition) is 3. The average molecular weight is 293 g/mol. The summed E-state index contributed by atoms with van der Waals surface area (Å²) in [4.78, 5) is 14.7. The number of amides is 2. The first-order chi connectivity index (χ1) is 9.72. The molecule has 3 N–H and O–H groups in total. The van der Waals surface area contributed by atoms with Crippen molar-refractivity contribution < 1.29 is 4.79 Å². The molecule has 2 heterocycles. The van der Waals surface area contributed by atoms with E-state index in [9.17, 15) is 4.79 Å². The van der Waals surface area contributed by atoms with Gasteiger partial charge in [-0.05, 0) is 43.2 Å². The summed E-state index contributed by atoms with van der Waals surface area (Å²) < 4.78 is 0. The molecule has 5 heteroatoms. The Morgan fingerprint density at radius 2 is 2.30 bits per heavy atom. The average Bonchev–Trinajstić information content (AvgIpc) is 2.90. The first-order valence-electron chi connectivity index (χ1n) is 7.53. The number of rotatable bonds is 4. The molecule has 0 bridgehead atoms. The molecule has 1 aromatic heterocycles. The molecule has 1 aromatic rings. The zero-order chi connectivity index (χ0) is 13.9. The second-order valence-corrected chi connectivity index (χ2v) is 7.07. The number of thiophene rings is 1. The van der Waals surface area contributed by atoms with E-state index in [1.165, 1.54) is 24.1 Å². The van der Waals surface area contributed by atoms with Gasteiger partial charge in [0.05, 0.1) is 0 Å². The van der Waals surface area contributed by atoms with Crippen molar-refractivity contribution in [2.24, 2.45) is 11.7 Å². The summed E-state index contributed by atoms with van der Waals surface area (Å²) in [7, 11) is 0. The highest BCUT2D eigenvalue weighted by atomic mass is 32.1. The number of nitrogens with one attached hydrogen (secondary N) is 1. The van der Waals surface area contributed by atoms with E-state index >= 15 is 0 Å². The summed E-state index contributed by atoms with van der Waals surface area (Å²) in [5.74, 6) is 1.27. The molecule has 1 saturated heterocycles. The topological polar surface area (TPSA) is 58.4 Å². The van der Waals surface area contributed by atoms with E-state index in [-0.39, 0.29) is 6.03 Å². The minimum absolute atomic E-state index is 0.290. The molecule has 1 saturated carbocycles. The third kappa shape index (κ3) is 3.15. The van der Waals surface area contributed by atoms with Crippen LogP contribution in [0.1, 0.15) is 36.5 Å². The minimum Gasteiger partial charge on any atom is -0.351 e. The maximum absolute atomic E-state index is 11.5. The van der Waals surface area contributed by atoms with Gasteiger partial charge in [0.2, 0.25) is 0 Å². The van der Waals surface area contributed by atoms with Crippen LogP contribution < -0.4 is 11.1 Å². The summed E-state index contributed by atoms with van der Waals surface area (Å²) >= 11 is 1.78. The monoisotopic (exact) mass is 293 g/mol. The van der Waals surface area contributed by atoms with Crippen molar-refractivity contribution in [3.8, 4) is 0 Å². The Labute approximate surface area is 124 Å². The molecule has 2 aliphatic rings. The number of urea groups is 1. The number of carbonyl (C=O) groups is 1. The number of primary amides is 1. The largest absolute Gasteiger partial charge is 0.351 e. The Hall–Kier alpha value is -1.07. The van der Waals surface area contributed by atoms with Crippen molar-refractivity contribution >= 4 is 17.4 Å². The van der Waals surface area contributed by atoms with Gasteiger partial charge in [0.15, 0.2) is 0 Å². The van der Waals surface area contributed by atoms with Crippen LogP contribution in [0.3, 0.4) is 0 Å². The fourth-order valence-corrected chi connectivity index (χ4v) is 4.02. The number of nitrogens with zero attached hydrogens (tertiary/aromatic N) is 1. The smallest absolute Gasteiger partial charge is 0.314 e. The minimum atomic E-state index is -0.290. The summed E-state index contributed by atoms with van der Waals surface area (Å²) in [6, 6.07) is 4.34. The zero-order valence-corrected chi connectivity index (χ0v) is 12.6. The first-order valence-corrected chi connectivity index (χ1v) is 8.41. The molecule has 4 nitrogen and oxygen atoms in total. The van der Waals surface area contributed by atoms with Crippen LogP contribution in [0.2, 0.25) is 0 Å². The number of nitrogens with two attached hydrogens (primary N) is 1. The van der Waals surface area contributed by atoms with E-state index in [1.54, 1.807) is 16.2 Å². The third-order valence-corrected chi connectivity index (χ3v) is 5.66. The Morgan fingerprint density at radius 1 is 1.45 bits per heavy atom. The molecule has 110 valence electrons. The van der Waals surface area contributed by atoms with Crippen molar-refractivity contribution in [1.29, 1.82) is 0 Å². The zero-order valence-electron chi connectivity index (χ0n) is 11.8. The van der Waals surface area contributed by atoms with Gasteiger partial charge in [-0.2, -0.15) is 0 Å². The van der Waals surface area contributed by atoms with E-state index in [1.807, 2.05) is 0 Å². The van der Waals surface area contributed by atoms with Crippen LogP contribution in [0.5, 0.6) is 0 Å². The Balaban J connectivity index is 1.61. The van der Waals surface area contributed by atoms with Gasteiger partial charge in [-0.1, -0.05) is 12.5 Å². The molecule has 0 aromatic carbocycles. The second-order valence-electron chi connectivity index (χ2n) is 6.09. The van der Waals surface area contributed by atoms with Crippen molar-refractivity contribution in [3.05, 3.63) is 22.4 Å². The van der Waals surface area contributed by atoms with E-state index in [4.69, 9.17) is 5.73 Å². The second kappa shape index (κ2) is 6.14. The lowest BCUT2D eigenvalue weighted by Crippen LogP contribution is -2.53. The van der Waals surface area contributed by atoms with E-state index in [0.717, 1.165) is 32.0 Å². The Bertz CT molecular complexity index is 444. The normalized spacial score (nSPS) is 27.3. The molecular weight excluding hydrogens is 270 g/mol. The molecule has 2 amide bonds. The van der Waals surface area contributed by atoms with Gasteiger partial charge < -0.3 is 16.0 Å². The SMILES string of the molecule is NC(=O)N1CC(NCC2CCC2)CC(c2cccs2)C1. The van der Waals surface area contributed by atoms with Crippen LogP contribution in [0.25, 0.3) is 0 Å². The quantitative estimate of drug-likeness (QED) is 0.895. The molecule has 3 rings (SSSR count). The predicted octanol–water partition coefficient (Wildman–Crippen LogP) is 2.37. The summed E-state index contributed by atoms with van der Waals surface area (Å²) in [6.45, 7) is 2.61. The number of likely N-dealkylation sites (tertiary alicyclic amines) is 1. The van der Waals surface area contributed by atoms with Gasteiger partial charge in [-0.3, -0.25) is 0 Å². The summed E-state index contributed by atoms with van der Waals surface area (Å²) in [6.07, 6.45) is 5.19. The van der Waals surface area contributed by atoms with Gasteiger partial charge in [0, 0.05) is 29.9 Å². The molecule has 2 fully saturated rings. The van der Waals surface area contributed by atoms with E-state index < -0.39 is 0 Å². The summed E-state index contributed by atoms with van der Waals surface area (Å²) in [5.41, 5.74) is 5.50. The lowest BCUT2D eigenvalue weighted by molar-refractivity contribution is 0.167. The van der Waals surface area contributed by atoms with Crippen molar-refractivity contribution in [2.45, 2.75) is 37.6 Å². The maximum atomic E-state index is 11.5. The molecule has 20 heavy (non-hydrogen) atoms. The molecule has 0 radical (unpaired) electrons. The highest BCUT2D eigenvalue weighted by Gasteiger charge is 2.31. The standard InChI is InChI=1S/C15H23N3OS/c16-15(19)18-9-12(14-5-2-6-20-14)7-13(10-18)17-8-11-3-1-4-11/h2,5-6,11-13,17H,1,3-4,7-10H2,(H2,16,19). The van der Waals surface area contributed by atoms with E-state index in [0.29, 0.717) is 12.0 Å². The van der Waals surface area contributed by atoms with Crippen molar-refractivity contribution in [3.63, 3.8) is 0 Å². The van der Waals surface area contributed by atoms with Gasteiger partial charge in [0.25, 0.3) is 0 Å². The molecule has 2 unspecified atom stereocenters. The van der Waals surface area contributed by atoms with Crippen molar-refractivity contribution in [2.75, 3.05) is 19.6 Å². The van der Waals surface area contributed by atoms with Crippen LogP contribution >= 0.6 is 11.3 Å². The highest BCUT2D eigenvalue weighted by Crippen LogP contribution is 2.31. The van der Waals surface area contributed by atoms with Crippen molar-refractivity contribution in [1.82, 2.24) is 10.2 Å². The van der Waals surface area contributed by atoms with Crippen LogP contribution in [0.15, 0.2) is 17.5 Å². The van der Waals surface area contributed by atoms with Gasteiger partial charge in [-0.15, -0.1) is 11.3 Å². The van der Waals surface area contributed by atoms with Gasteiger partial charge >= 0.3 is 6.03 Å². The highest BCUT2D eigenvalue weighted by molar-refractivity contribution is 7.10. The molecule has 1 aliphatic heterocycles. The number of carbonyl (C=O) groups excluding carboxylic acids is 1. The van der Waals surface area contributed by atoms with Crippen LogP contribution in [-0.2, 0) is 0 Å². The third-order valence-electron chi connectivity index (χ3n) is 4.63. The predicted molar refractivity (Wildman–Crippen MR) is 82.0 cm³/mol. The Morgan fingerprint density at radius 3 is 2.90 bits per heavy atom. The molecule has 1 aliphatic carbocycles. The number of hydrogen-bond donors (Lipinski definition) is 2. The molecular formula is C15H23N3OS. The fraction of sp³-hybridized carbons (Fsp3) is 0.667. The van der Waals surface area contributed by atoms with Gasteiger partial charge in [-0.25, -0.2) is 4.79 Å². The lowest BCUT2D eigenvalue weighted by atomic mass is 9.85. The molecule has 2 atom stereocenters. The summed E-state index contributed by atoms with van der Waals surface area (Å²) in [5, 5.41) is 5.76. The fourth-order valence-electron chi connectivity index (χ4n) is 3.19. The first kappa shape index (κ1) is 13.9. The van der Waals surface area contributed by atoms with E-state index in [2.05, 4.69) is 22.8 Å². The van der Waals surface area contributed by atoms with Gasteiger partial charge in [0.1, 0.15) is 0 Å². The van der Waals surface area contributed by atoms with Crippen LogP contribution in [-0.4, -0.2) is 36.6 Å². The maximum Gasteiger partial charge on any atom is 0.314 e. The lowest BCUT2D eigenvalue weighted by Gasteiger charge is -2.38. The number of piperidine rings is 1. The van der Waals surface area contributed by atoms with Crippen LogP contribution in [0.4, 0.5) is 4.79 Å².